The van der Waals surface area contributed by atoms with Crippen molar-refractivity contribution >= 4 is 44.9 Å². The molecule has 0 spiro atoms. The molecule has 1 atom stereocenters. The number of allylic oxidation sites excluding steroid dienone is 2. The predicted octanol–water partition coefficient (Wildman–Crippen LogP) is 3.15. The Morgan fingerprint density at radius 2 is 2.15 bits per heavy atom. The first-order valence-corrected chi connectivity index (χ1v) is 7.72. The minimum atomic E-state index is -0.588. The second-order valence-electron chi connectivity index (χ2n) is 4.40. The number of alkyl halides is 1. The molecular weight excluding hydrogens is 358 g/mol. The van der Waals surface area contributed by atoms with Crippen molar-refractivity contribution in [1.82, 2.24) is 10.2 Å². The first-order chi connectivity index (χ1) is 9.51. The minimum Gasteiger partial charge on any atom is -0.376 e. The lowest BCUT2D eigenvalue weighted by Gasteiger charge is -2.39. The third-order valence-corrected chi connectivity index (χ3v) is 4.38. The number of thiocarbonyl (C=S) groups is 1. The first kappa shape index (κ1) is 15.4. The Morgan fingerprint density at radius 3 is 2.85 bits per heavy atom. The molecule has 0 saturated carbocycles. The number of hydrogen-bond acceptors (Lipinski definition) is 2. The van der Waals surface area contributed by atoms with Crippen molar-refractivity contribution in [1.29, 1.82) is 0 Å². The van der Waals surface area contributed by atoms with Gasteiger partial charge < -0.3 is 16.0 Å². The molecule has 1 heterocycles. The number of hydrogen-bond donors (Lipinski definition) is 2. The molecule has 0 fully saturated rings. The molecule has 1 unspecified atom stereocenters. The monoisotopic (exact) mass is 371 g/mol. The van der Waals surface area contributed by atoms with Gasteiger partial charge in [-0.15, -0.1) is 0 Å². The van der Waals surface area contributed by atoms with Crippen molar-refractivity contribution in [2.24, 2.45) is 5.73 Å². The smallest absolute Gasteiger partial charge is 0.189 e. The van der Waals surface area contributed by atoms with Crippen LogP contribution in [0, 0.1) is 0 Å². The van der Waals surface area contributed by atoms with Gasteiger partial charge in [0, 0.05) is 17.8 Å². The van der Waals surface area contributed by atoms with Crippen molar-refractivity contribution in [3.05, 3.63) is 59.3 Å². The molecule has 0 aromatic heterocycles. The zero-order valence-electron chi connectivity index (χ0n) is 10.7. The molecule has 1 aromatic carbocycles. The lowest BCUT2D eigenvalue weighted by atomic mass is 10.1. The van der Waals surface area contributed by atoms with Gasteiger partial charge in [-0.2, -0.15) is 0 Å². The molecule has 2 rings (SSSR count). The topological polar surface area (TPSA) is 41.3 Å². The van der Waals surface area contributed by atoms with Gasteiger partial charge in [-0.1, -0.05) is 35.9 Å². The average Bonchev–Trinajstić information content (AvgIpc) is 2.38. The van der Waals surface area contributed by atoms with Crippen LogP contribution in [0.4, 0.5) is 0 Å². The first-order valence-electron chi connectivity index (χ1n) is 6.14. The number of nitrogens with one attached hydrogen (secondary N) is 1. The van der Waals surface area contributed by atoms with Crippen LogP contribution >= 0.6 is 39.7 Å². The maximum absolute atomic E-state index is 6.18. The van der Waals surface area contributed by atoms with Gasteiger partial charge in [0.25, 0.3) is 0 Å². The largest absolute Gasteiger partial charge is 0.376 e. The van der Waals surface area contributed by atoms with Gasteiger partial charge in [-0.05, 0) is 58.4 Å². The van der Waals surface area contributed by atoms with Crippen LogP contribution in [0.2, 0.25) is 5.02 Å². The lowest BCUT2D eigenvalue weighted by Crippen LogP contribution is -2.55. The van der Waals surface area contributed by atoms with E-state index >= 15 is 0 Å². The minimum absolute atomic E-state index is 0.240. The van der Waals surface area contributed by atoms with Crippen LogP contribution in [0.1, 0.15) is 5.56 Å². The number of halogens is 2. The highest BCUT2D eigenvalue weighted by Crippen LogP contribution is 2.26. The number of nitrogens with two attached hydrogens (primary N) is 1. The Bertz CT molecular complexity index is 561. The summed E-state index contributed by atoms with van der Waals surface area (Å²) >= 11 is 14.7. The molecule has 1 aliphatic rings. The third kappa shape index (κ3) is 3.75. The molecule has 3 N–H and O–H groups in total. The van der Waals surface area contributed by atoms with E-state index in [0.29, 0.717) is 0 Å². The Balaban J connectivity index is 2.07. The second kappa shape index (κ2) is 6.61. The van der Waals surface area contributed by atoms with E-state index in [1.165, 1.54) is 0 Å². The van der Waals surface area contributed by atoms with E-state index in [9.17, 15) is 0 Å². The lowest BCUT2D eigenvalue weighted by molar-refractivity contribution is 0.278. The number of nitrogens with zero attached hydrogens (tertiary/aromatic N) is 1. The van der Waals surface area contributed by atoms with E-state index in [1.54, 1.807) is 0 Å². The van der Waals surface area contributed by atoms with Gasteiger partial charge >= 0.3 is 0 Å². The highest BCUT2D eigenvalue weighted by Gasteiger charge is 2.30. The molecule has 1 aromatic rings. The fourth-order valence-electron chi connectivity index (χ4n) is 2.01. The fraction of sp³-hybridized carbons (Fsp3) is 0.214. The van der Waals surface area contributed by atoms with Crippen LogP contribution < -0.4 is 11.1 Å². The van der Waals surface area contributed by atoms with Crippen LogP contribution in [0.5, 0.6) is 0 Å². The van der Waals surface area contributed by atoms with Crippen LogP contribution in [0.25, 0.3) is 0 Å². The number of benzene rings is 1. The van der Waals surface area contributed by atoms with Crippen LogP contribution in [-0.2, 0) is 6.42 Å². The van der Waals surface area contributed by atoms with Crippen molar-refractivity contribution in [3.63, 3.8) is 0 Å². The van der Waals surface area contributed by atoms with Crippen LogP contribution in [0.15, 0.2) is 48.7 Å². The maximum Gasteiger partial charge on any atom is 0.189 e. The zero-order valence-corrected chi connectivity index (χ0v) is 13.9. The molecule has 6 heteroatoms. The summed E-state index contributed by atoms with van der Waals surface area (Å²) in [6.07, 6.45) is 8.67. The maximum atomic E-state index is 6.18. The molecule has 0 aliphatic carbocycles. The quantitative estimate of drug-likeness (QED) is 0.484. The Labute approximate surface area is 137 Å². The molecule has 0 amide bonds. The normalized spacial score (nSPS) is 21.0. The van der Waals surface area contributed by atoms with Crippen molar-refractivity contribution < 1.29 is 0 Å². The molecule has 106 valence electrons. The van der Waals surface area contributed by atoms with Crippen molar-refractivity contribution in [2.45, 2.75) is 11.0 Å². The Kier molecular flexibility index (Phi) is 5.07. The zero-order chi connectivity index (χ0) is 14.6. The van der Waals surface area contributed by atoms with Crippen LogP contribution in [-0.4, -0.2) is 21.1 Å². The molecule has 3 nitrogen and oxygen atoms in total. The molecule has 1 aliphatic heterocycles. The molecule has 20 heavy (non-hydrogen) atoms. The molecular formula is C14H15BrClN3S. The van der Waals surface area contributed by atoms with Gasteiger partial charge in [0.1, 0.15) is 0 Å². The predicted molar refractivity (Wildman–Crippen MR) is 91.7 cm³/mol. The summed E-state index contributed by atoms with van der Waals surface area (Å²) in [6, 6.07) is 7.85. The summed E-state index contributed by atoms with van der Waals surface area (Å²) in [7, 11) is 0. The van der Waals surface area contributed by atoms with Gasteiger partial charge in [0.2, 0.25) is 0 Å². The summed E-state index contributed by atoms with van der Waals surface area (Å²) in [4.78, 5) is 2.08. The highest BCUT2D eigenvalue weighted by molar-refractivity contribution is 9.10. The number of rotatable bonds is 4. The Hall–Kier alpha value is -1.04. The van der Waals surface area contributed by atoms with E-state index in [1.807, 2.05) is 48.7 Å². The molecule has 0 bridgehead atoms. The van der Waals surface area contributed by atoms with E-state index in [2.05, 4.69) is 26.1 Å². The summed E-state index contributed by atoms with van der Waals surface area (Å²) in [6.45, 7) is 0.769. The SMILES string of the molecule is NC(=S)NC1(Br)C=CC=CN1CCc1ccccc1Cl. The van der Waals surface area contributed by atoms with Crippen molar-refractivity contribution in [3.8, 4) is 0 Å². The fourth-order valence-corrected chi connectivity index (χ4v) is 3.19. The summed E-state index contributed by atoms with van der Waals surface area (Å²) in [5.41, 5.74) is 6.70. The standard InChI is InChI=1S/C14H15BrClN3S/c15-14(18-13(17)20)8-3-4-9-19(14)10-7-11-5-1-2-6-12(11)16/h1-6,8-9H,7,10H2,(H3,17,18,20). The van der Waals surface area contributed by atoms with Gasteiger partial charge in [0.05, 0.1) is 0 Å². The van der Waals surface area contributed by atoms with E-state index in [4.69, 9.17) is 29.6 Å². The second-order valence-corrected chi connectivity index (χ2v) is 6.45. The van der Waals surface area contributed by atoms with E-state index in [-0.39, 0.29) is 5.11 Å². The van der Waals surface area contributed by atoms with E-state index < -0.39 is 4.57 Å². The van der Waals surface area contributed by atoms with Gasteiger partial charge in [-0.25, -0.2) is 0 Å². The summed E-state index contributed by atoms with van der Waals surface area (Å²) in [5, 5.41) is 4.06. The van der Waals surface area contributed by atoms with Gasteiger partial charge in [-0.3, -0.25) is 0 Å². The molecule has 0 saturated heterocycles. The third-order valence-electron chi connectivity index (χ3n) is 2.99. The summed E-state index contributed by atoms with van der Waals surface area (Å²) in [5.74, 6) is 0. The van der Waals surface area contributed by atoms with E-state index in [0.717, 1.165) is 23.6 Å². The highest BCUT2D eigenvalue weighted by atomic mass is 79.9. The Morgan fingerprint density at radius 1 is 1.40 bits per heavy atom. The van der Waals surface area contributed by atoms with Gasteiger partial charge in [0.15, 0.2) is 9.68 Å². The average molecular weight is 373 g/mol. The molecule has 0 radical (unpaired) electrons. The van der Waals surface area contributed by atoms with Crippen molar-refractivity contribution in [2.75, 3.05) is 6.54 Å². The summed E-state index contributed by atoms with van der Waals surface area (Å²) < 4.78 is -0.588. The van der Waals surface area contributed by atoms with Crippen LogP contribution in [0.3, 0.4) is 0 Å².